The molecule has 0 unspecified atom stereocenters. The van der Waals surface area contributed by atoms with Crippen molar-refractivity contribution in [3.8, 4) is 51.3 Å². The van der Waals surface area contributed by atoms with Crippen molar-refractivity contribution in [2.45, 2.75) is 20.8 Å². The van der Waals surface area contributed by atoms with Gasteiger partial charge in [-0.3, -0.25) is 0 Å². The van der Waals surface area contributed by atoms with Gasteiger partial charge in [-0.25, -0.2) is 19.2 Å². The quantitative estimate of drug-likeness (QED) is 0.0511. The summed E-state index contributed by atoms with van der Waals surface area (Å²) in [5.74, 6) is 4.55. The van der Waals surface area contributed by atoms with E-state index in [2.05, 4.69) is 38.2 Å². The summed E-state index contributed by atoms with van der Waals surface area (Å²) in [4.78, 5) is 48.5. The van der Waals surface area contributed by atoms with Gasteiger partial charge in [0.25, 0.3) is 0 Å². The lowest BCUT2D eigenvalue weighted by Gasteiger charge is -2.15. The summed E-state index contributed by atoms with van der Waals surface area (Å²) in [6.07, 6.45) is 3.74. The van der Waals surface area contributed by atoms with Crippen LogP contribution in [0.1, 0.15) is 37.5 Å². The second-order valence-electron chi connectivity index (χ2n) is 11.2. The van der Waals surface area contributed by atoms with Crippen molar-refractivity contribution in [3.63, 3.8) is 0 Å². The van der Waals surface area contributed by atoms with Crippen LogP contribution in [-0.2, 0) is 23.9 Å². The highest BCUT2D eigenvalue weighted by Gasteiger charge is 2.17. The van der Waals surface area contributed by atoms with E-state index in [4.69, 9.17) is 18.9 Å². The van der Waals surface area contributed by atoms with E-state index in [9.17, 15) is 19.2 Å². The molecule has 0 bridgehead atoms. The van der Waals surface area contributed by atoms with Gasteiger partial charge < -0.3 is 18.9 Å². The van der Waals surface area contributed by atoms with Gasteiger partial charge in [-0.15, -0.1) is 0 Å². The van der Waals surface area contributed by atoms with Crippen LogP contribution < -0.4 is 14.2 Å². The summed E-state index contributed by atoms with van der Waals surface area (Å²) in [6.45, 7) is 19.0. The second-order valence-corrected chi connectivity index (χ2v) is 11.2. The number of hydrogen-bond acceptors (Lipinski definition) is 8. The molecule has 0 atom stereocenters. The largest absolute Gasteiger partial charge is 0.431 e. The Kier molecular flexibility index (Phi) is 12.2. The summed E-state index contributed by atoms with van der Waals surface area (Å²) in [6, 6.07) is 24.8. The molecule has 0 spiro atoms. The number of hydrogen-bond donors (Lipinski definition) is 0. The molecule has 4 rings (SSSR count). The molecule has 4 aromatic carbocycles. The molecule has 0 aliphatic carbocycles. The summed E-state index contributed by atoms with van der Waals surface area (Å²) >= 11 is 0. The maximum absolute atomic E-state index is 12.6. The first-order chi connectivity index (χ1) is 24.4. The van der Waals surface area contributed by atoms with Gasteiger partial charge in [-0.1, -0.05) is 80.6 Å². The maximum Gasteiger partial charge on any atom is 0.338 e. The number of benzene rings is 4. The Labute approximate surface area is 296 Å². The van der Waals surface area contributed by atoms with Crippen LogP contribution in [0.2, 0.25) is 0 Å². The summed E-state index contributed by atoms with van der Waals surface area (Å²) in [7, 11) is 0. The van der Waals surface area contributed by atoms with Crippen molar-refractivity contribution >= 4 is 30.0 Å². The molecule has 0 saturated carbocycles. The molecule has 4 aromatic rings. The van der Waals surface area contributed by atoms with E-state index in [0.717, 1.165) is 22.8 Å². The molecule has 0 heterocycles. The number of esters is 4. The van der Waals surface area contributed by atoms with Crippen molar-refractivity contribution in [2.24, 2.45) is 0 Å². The fourth-order valence-corrected chi connectivity index (χ4v) is 4.32. The number of rotatable bonds is 11. The maximum atomic E-state index is 12.6. The Balaban J connectivity index is 1.75. The highest BCUT2D eigenvalue weighted by atomic mass is 16.5. The van der Waals surface area contributed by atoms with Crippen LogP contribution in [-0.4, -0.2) is 23.9 Å². The zero-order chi connectivity index (χ0) is 37.1. The zero-order valence-corrected chi connectivity index (χ0v) is 28.4. The van der Waals surface area contributed by atoms with E-state index in [1.807, 2.05) is 42.5 Å². The summed E-state index contributed by atoms with van der Waals surface area (Å²) in [5, 5.41) is 0. The minimum atomic E-state index is -0.722. The standard InChI is InChI=1S/C43H34O8/c1-8-39(44)51-40-34(12-9-30-10-20-35(21-11-30)49-42(46)28(4)5)19-24-37(38(40)25-26-48-41(45)27(2)3)33-15-13-31(14-16-33)32-17-22-36(23-18-32)50-43(47)29(6)7/h8,10-11,13-26H,1-2,4,6H2,3,5,7H3. The highest BCUT2D eigenvalue weighted by Crippen LogP contribution is 2.36. The smallest absolute Gasteiger partial charge is 0.338 e. The first-order valence-electron chi connectivity index (χ1n) is 15.5. The van der Waals surface area contributed by atoms with Gasteiger partial charge in [0.15, 0.2) is 5.75 Å². The predicted octanol–water partition coefficient (Wildman–Crippen LogP) is 8.56. The first-order valence-corrected chi connectivity index (χ1v) is 15.5. The van der Waals surface area contributed by atoms with Crippen LogP contribution in [0.5, 0.6) is 17.2 Å². The molecule has 0 amide bonds. The lowest BCUT2D eigenvalue weighted by atomic mass is 9.94. The van der Waals surface area contributed by atoms with Crippen LogP contribution in [0.3, 0.4) is 0 Å². The Bertz CT molecular complexity index is 2140. The van der Waals surface area contributed by atoms with Crippen LogP contribution >= 0.6 is 0 Å². The van der Waals surface area contributed by atoms with Gasteiger partial charge in [-0.05, 0) is 91.6 Å². The van der Waals surface area contributed by atoms with Crippen molar-refractivity contribution in [2.75, 3.05) is 0 Å². The van der Waals surface area contributed by atoms with Crippen molar-refractivity contribution in [1.82, 2.24) is 0 Å². The molecule has 8 nitrogen and oxygen atoms in total. The average Bonchev–Trinajstić information content (AvgIpc) is 3.12. The molecule has 0 aliphatic rings. The number of carbonyl (C=O) groups excluding carboxylic acids is 4. The summed E-state index contributed by atoms with van der Waals surface area (Å²) < 4.78 is 21.5. The van der Waals surface area contributed by atoms with Gasteiger partial charge in [0.1, 0.15) is 11.5 Å². The highest BCUT2D eigenvalue weighted by molar-refractivity contribution is 5.91. The monoisotopic (exact) mass is 678 g/mol. The Morgan fingerprint density at radius 3 is 1.59 bits per heavy atom. The van der Waals surface area contributed by atoms with Crippen LogP contribution in [0, 0.1) is 11.8 Å². The second kappa shape index (κ2) is 16.9. The van der Waals surface area contributed by atoms with E-state index in [1.165, 1.54) is 19.3 Å². The third kappa shape index (κ3) is 10.0. The van der Waals surface area contributed by atoms with Gasteiger partial charge in [0, 0.05) is 33.9 Å². The van der Waals surface area contributed by atoms with E-state index < -0.39 is 23.9 Å². The van der Waals surface area contributed by atoms with Crippen molar-refractivity contribution < 1.29 is 38.1 Å². The first kappa shape index (κ1) is 36.8. The molecule has 0 aromatic heterocycles. The molecule has 0 aliphatic heterocycles. The molecular formula is C43H34O8. The number of carbonyl (C=O) groups is 4. The van der Waals surface area contributed by atoms with E-state index in [0.29, 0.717) is 39.3 Å². The SMILES string of the molecule is C=CC(=O)Oc1c(C#Cc2ccc(OC(=O)C(=C)C)cc2)ccc(-c2ccc(-c3ccc(OC(=O)C(=C)C)cc3)cc2)c1C=COC(=O)C(=C)C. The minimum Gasteiger partial charge on any atom is -0.431 e. The molecule has 254 valence electrons. The van der Waals surface area contributed by atoms with E-state index in [1.54, 1.807) is 56.3 Å². The average molecular weight is 679 g/mol. The fraction of sp³-hybridized carbons (Fsp3) is 0.0698. The van der Waals surface area contributed by atoms with Crippen LogP contribution in [0.4, 0.5) is 0 Å². The lowest BCUT2D eigenvalue weighted by Crippen LogP contribution is -2.07. The van der Waals surface area contributed by atoms with Gasteiger partial charge in [-0.2, -0.15) is 0 Å². The van der Waals surface area contributed by atoms with Gasteiger partial charge >= 0.3 is 23.9 Å². The van der Waals surface area contributed by atoms with E-state index >= 15 is 0 Å². The summed E-state index contributed by atoms with van der Waals surface area (Å²) in [5.41, 5.74) is 5.33. The predicted molar refractivity (Wildman–Crippen MR) is 196 cm³/mol. The van der Waals surface area contributed by atoms with Crippen molar-refractivity contribution in [3.05, 3.63) is 157 Å². The van der Waals surface area contributed by atoms with Gasteiger partial charge in [0.2, 0.25) is 0 Å². The molecule has 0 N–H and O–H groups in total. The Morgan fingerprint density at radius 1 is 0.588 bits per heavy atom. The lowest BCUT2D eigenvalue weighted by molar-refractivity contribution is -0.133. The van der Waals surface area contributed by atoms with Crippen molar-refractivity contribution in [1.29, 1.82) is 0 Å². The van der Waals surface area contributed by atoms with Gasteiger partial charge in [0.05, 0.1) is 11.8 Å². The molecule has 0 fully saturated rings. The molecule has 51 heavy (non-hydrogen) atoms. The normalized spacial score (nSPS) is 10.3. The van der Waals surface area contributed by atoms with E-state index in [-0.39, 0.29) is 16.9 Å². The van der Waals surface area contributed by atoms with Crippen LogP contribution in [0.15, 0.2) is 140 Å². The third-order valence-corrected chi connectivity index (χ3v) is 7.02. The molecular weight excluding hydrogens is 644 g/mol. The molecule has 0 radical (unpaired) electrons. The minimum absolute atomic E-state index is 0.114. The number of ether oxygens (including phenoxy) is 4. The topological polar surface area (TPSA) is 105 Å². The Morgan fingerprint density at radius 2 is 1.08 bits per heavy atom. The Hall–Kier alpha value is -6.98. The molecule has 0 saturated heterocycles. The fourth-order valence-electron chi connectivity index (χ4n) is 4.32. The van der Waals surface area contributed by atoms with Crippen LogP contribution in [0.25, 0.3) is 28.3 Å². The third-order valence-electron chi connectivity index (χ3n) is 7.02. The molecule has 8 heteroatoms. The zero-order valence-electron chi connectivity index (χ0n) is 28.4.